The quantitative estimate of drug-likeness (QED) is 0.242. The number of hydrogen-bond acceptors (Lipinski definition) is 5. The fraction of sp³-hybridized carbons (Fsp3) is 0.100. The Labute approximate surface area is 187 Å². The summed E-state index contributed by atoms with van der Waals surface area (Å²) in [7, 11) is -4.37. The van der Waals surface area contributed by atoms with Crippen molar-refractivity contribution in [3.05, 3.63) is 70.4 Å². The van der Waals surface area contributed by atoms with Crippen molar-refractivity contribution in [1.29, 1.82) is 0 Å². The van der Waals surface area contributed by atoms with Gasteiger partial charge in [-0.3, -0.25) is 4.55 Å². The number of aromatic nitrogens is 3. The molecule has 0 atom stereocenters. The first kappa shape index (κ1) is 22.8. The third-order valence-corrected chi connectivity index (χ3v) is 6.66. The number of benzene rings is 1. The van der Waals surface area contributed by atoms with Crippen LogP contribution in [0.2, 0.25) is 0 Å². The van der Waals surface area contributed by atoms with Crippen molar-refractivity contribution in [2.75, 3.05) is 0 Å². The van der Waals surface area contributed by atoms with Gasteiger partial charge in [0.1, 0.15) is 15.6 Å². The molecule has 0 saturated heterocycles. The number of hydrogen-bond donors (Lipinski definition) is 1. The Morgan fingerprint density at radius 1 is 1.03 bits per heavy atom. The third-order valence-electron chi connectivity index (χ3n) is 4.34. The van der Waals surface area contributed by atoms with E-state index in [2.05, 4.69) is 21.9 Å². The van der Waals surface area contributed by atoms with E-state index in [-0.39, 0.29) is 31.7 Å². The van der Waals surface area contributed by atoms with E-state index < -0.39 is 34.0 Å². The second-order valence-electron chi connectivity index (χ2n) is 6.59. The van der Waals surface area contributed by atoms with Gasteiger partial charge in [-0.1, -0.05) is 12.1 Å². The highest BCUT2D eigenvalue weighted by atomic mass is 32.3. The molecule has 4 rings (SSSR count). The van der Waals surface area contributed by atoms with Crippen molar-refractivity contribution >= 4 is 27.1 Å². The number of alkyl halides is 5. The lowest BCUT2D eigenvalue weighted by Crippen LogP contribution is -2.05. The van der Waals surface area contributed by atoms with Crippen molar-refractivity contribution in [2.24, 2.45) is 0 Å². The molecule has 3 aromatic heterocycles. The molecule has 0 aliphatic rings. The van der Waals surface area contributed by atoms with E-state index in [1.165, 1.54) is 18.2 Å². The van der Waals surface area contributed by atoms with Crippen molar-refractivity contribution in [1.82, 2.24) is 14.6 Å². The van der Waals surface area contributed by atoms with Gasteiger partial charge in [0.15, 0.2) is 5.65 Å². The summed E-state index contributed by atoms with van der Waals surface area (Å²) in [4.78, 5) is 4.49. The summed E-state index contributed by atoms with van der Waals surface area (Å²) < 4.78 is 97.4. The van der Waals surface area contributed by atoms with Crippen LogP contribution in [0.15, 0.2) is 52.7 Å². The van der Waals surface area contributed by atoms with Gasteiger partial charge in [-0.05, 0) is 42.2 Å². The molecule has 1 aromatic carbocycles. The maximum Gasteiger partial charge on any atom is 0.416 e. The lowest BCUT2D eigenvalue weighted by Gasteiger charge is -2.09. The summed E-state index contributed by atoms with van der Waals surface area (Å²) >= 11 is 0.715. The summed E-state index contributed by atoms with van der Waals surface area (Å²) in [5, 5.41) is 3.97. The Kier molecular flexibility index (Phi) is 5.69. The minimum Gasteiger partial charge on any atom is -0.281 e. The molecule has 0 aliphatic carbocycles. The zero-order valence-electron chi connectivity index (χ0n) is 16.0. The molecule has 3 heterocycles. The molecule has 170 valence electrons. The molecule has 0 radical (unpaired) electrons. The Balaban J connectivity index is 1.73. The largest absolute Gasteiger partial charge is 0.416 e. The van der Waals surface area contributed by atoms with E-state index in [1.807, 2.05) is 0 Å². The predicted molar refractivity (Wildman–Crippen MR) is 108 cm³/mol. The standard InChI is InChI=1S/C20H10F5N3O3S2/c21-19(22)16-10-15(11-1-3-12(4-2-11)20(23,24)25)26-17-9-13(27-28(16)17)5-6-14-7-8-18(32-14)33(29,30)31/h1-4,7-10,19H,(H,29,30,31). The number of nitrogens with zero attached hydrogens (tertiary/aromatic N) is 3. The topological polar surface area (TPSA) is 84.6 Å². The van der Waals surface area contributed by atoms with Crippen molar-refractivity contribution in [3.8, 4) is 23.1 Å². The number of rotatable bonds is 3. The van der Waals surface area contributed by atoms with Crippen LogP contribution >= 0.6 is 11.3 Å². The van der Waals surface area contributed by atoms with Crippen LogP contribution in [0.4, 0.5) is 22.0 Å². The predicted octanol–water partition coefficient (Wildman–Crippen LogP) is 5.06. The zero-order valence-corrected chi connectivity index (χ0v) is 17.6. The van der Waals surface area contributed by atoms with Gasteiger partial charge in [-0.25, -0.2) is 18.3 Å². The lowest BCUT2D eigenvalue weighted by molar-refractivity contribution is -0.137. The second kappa shape index (κ2) is 8.22. The van der Waals surface area contributed by atoms with E-state index in [0.717, 1.165) is 34.8 Å². The van der Waals surface area contributed by atoms with Crippen molar-refractivity contribution in [3.63, 3.8) is 0 Å². The molecule has 0 saturated carbocycles. The molecule has 0 bridgehead atoms. The summed E-state index contributed by atoms with van der Waals surface area (Å²) in [6.07, 6.45) is -7.49. The maximum absolute atomic E-state index is 13.6. The van der Waals surface area contributed by atoms with Gasteiger partial charge in [0, 0.05) is 11.6 Å². The third kappa shape index (κ3) is 4.87. The van der Waals surface area contributed by atoms with Crippen LogP contribution in [0, 0.1) is 11.8 Å². The van der Waals surface area contributed by atoms with Gasteiger partial charge in [0.2, 0.25) is 0 Å². The van der Waals surface area contributed by atoms with Gasteiger partial charge in [-0.2, -0.15) is 26.7 Å². The molecule has 1 N–H and O–H groups in total. The first-order valence-electron chi connectivity index (χ1n) is 8.88. The van der Waals surface area contributed by atoms with Crippen LogP contribution in [0.3, 0.4) is 0 Å². The molecule has 0 amide bonds. The number of halogens is 5. The average molecular weight is 499 g/mol. The molecule has 13 heteroatoms. The molecule has 6 nitrogen and oxygen atoms in total. The smallest absolute Gasteiger partial charge is 0.281 e. The monoisotopic (exact) mass is 499 g/mol. The minimum atomic E-state index is -4.53. The maximum atomic E-state index is 13.6. The van der Waals surface area contributed by atoms with E-state index in [9.17, 15) is 30.4 Å². The highest BCUT2D eigenvalue weighted by molar-refractivity contribution is 7.88. The second-order valence-corrected chi connectivity index (χ2v) is 9.32. The first-order valence-corrected chi connectivity index (χ1v) is 11.1. The number of thiophene rings is 1. The van der Waals surface area contributed by atoms with Crippen molar-refractivity contribution in [2.45, 2.75) is 16.8 Å². The van der Waals surface area contributed by atoms with Gasteiger partial charge in [0.25, 0.3) is 6.43 Å². The van der Waals surface area contributed by atoms with Gasteiger partial charge >= 0.3 is 16.3 Å². The minimum absolute atomic E-state index is 0.00296. The molecular formula is C20H10F5N3O3S2. The van der Waals surface area contributed by atoms with Gasteiger partial charge < -0.3 is 0 Å². The Hall–Kier alpha value is -3.34. The summed E-state index contributed by atoms with van der Waals surface area (Å²) in [5.41, 5.74) is -1.13. The SMILES string of the molecule is O=S(=O)(O)c1ccc(C#Cc2cc3nc(-c4ccc(C(F)(F)F)cc4)cc(C(F)F)n3n2)s1. The molecule has 0 fully saturated rings. The fourth-order valence-electron chi connectivity index (χ4n) is 2.84. The molecular weight excluding hydrogens is 489 g/mol. The van der Waals surface area contributed by atoms with Crippen LogP contribution in [0.1, 0.15) is 28.3 Å². The average Bonchev–Trinajstić information content (AvgIpc) is 3.37. The number of fused-ring (bicyclic) bond motifs is 1. The normalized spacial score (nSPS) is 12.2. The zero-order chi connectivity index (χ0) is 24.0. The van der Waals surface area contributed by atoms with Crippen LogP contribution in [0.5, 0.6) is 0 Å². The van der Waals surface area contributed by atoms with Crippen molar-refractivity contribution < 1.29 is 34.9 Å². The summed E-state index contributed by atoms with van der Waals surface area (Å²) in [6, 6.07) is 8.81. The van der Waals surface area contributed by atoms with Crippen LogP contribution in [0.25, 0.3) is 16.9 Å². The summed E-state index contributed by atoms with van der Waals surface area (Å²) in [5.74, 6) is 5.23. The molecule has 0 spiro atoms. The Morgan fingerprint density at radius 3 is 2.30 bits per heavy atom. The van der Waals surface area contributed by atoms with E-state index >= 15 is 0 Å². The molecule has 4 aromatic rings. The highest BCUT2D eigenvalue weighted by Gasteiger charge is 2.30. The molecule has 0 aliphatic heterocycles. The van der Waals surface area contributed by atoms with E-state index in [4.69, 9.17) is 4.55 Å². The fourth-order valence-corrected chi connectivity index (χ4v) is 4.37. The van der Waals surface area contributed by atoms with E-state index in [1.54, 1.807) is 0 Å². The van der Waals surface area contributed by atoms with Gasteiger partial charge in [-0.15, -0.1) is 11.3 Å². The van der Waals surface area contributed by atoms with E-state index in [0.29, 0.717) is 11.3 Å². The lowest BCUT2D eigenvalue weighted by atomic mass is 10.1. The highest BCUT2D eigenvalue weighted by Crippen LogP contribution is 2.32. The first-order chi connectivity index (χ1) is 15.4. The summed E-state index contributed by atoms with van der Waals surface area (Å²) in [6.45, 7) is 0. The van der Waals surface area contributed by atoms with Crippen LogP contribution in [-0.4, -0.2) is 27.6 Å². The Bertz CT molecular complexity index is 1510. The van der Waals surface area contributed by atoms with Crippen LogP contribution in [-0.2, 0) is 16.3 Å². The van der Waals surface area contributed by atoms with Gasteiger partial charge in [0.05, 0.1) is 16.1 Å². The Morgan fingerprint density at radius 2 is 1.73 bits per heavy atom. The van der Waals surface area contributed by atoms with Crippen LogP contribution < -0.4 is 0 Å². The molecule has 33 heavy (non-hydrogen) atoms. The molecule has 0 unspecified atom stereocenters.